The topological polar surface area (TPSA) is 60.0 Å². The summed E-state index contributed by atoms with van der Waals surface area (Å²) >= 11 is 0. The molecule has 1 amide bonds. The number of benzene rings is 2. The second kappa shape index (κ2) is 10.9. The number of amides is 1. The normalized spacial score (nSPS) is 23.5. The van der Waals surface area contributed by atoms with Gasteiger partial charge < -0.3 is 24.4 Å². The third-order valence-electron chi connectivity index (χ3n) is 8.60. The predicted molar refractivity (Wildman–Crippen MR) is 136 cm³/mol. The van der Waals surface area contributed by atoms with Gasteiger partial charge in [-0.25, -0.2) is 0 Å². The minimum atomic E-state index is -4.91. The standard InChI is InChI=1S/C29H35F3N2O4/c1-36-28(29(30,31)32,22-7-3-2-4-8-22)26(35)34-15-12-27(13-16-34)11-14-33-17-24(27)23-9-5-6-10-25(23)38-20-21-18-37-19-21/h2-10,21,24,33H,11-20H2,1H3/t24?,28-/m1/s1. The lowest BCUT2D eigenvalue weighted by atomic mass is 9.62. The van der Waals surface area contributed by atoms with E-state index in [0.717, 1.165) is 37.9 Å². The Morgan fingerprint density at radius 1 is 1.05 bits per heavy atom. The van der Waals surface area contributed by atoms with Crippen LogP contribution in [0.5, 0.6) is 5.75 Å². The van der Waals surface area contributed by atoms with Crippen LogP contribution >= 0.6 is 0 Å². The first-order valence-electron chi connectivity index (χ1n) is 13.3. The molecular formula is C29H35F3N2O4. The van der Waals surface area contributed by atoms with E-state index in [1.54, 1.807) is 6.07 Å². The van der Waals surface area contributed by atoms with E-state index >= 15 is 0 Å². The SMILES string of the molecule is CO[C@@](C(=O)N1CCC2(CCNCC2c2ccccc2OCC2COC2)CC1)(c1ccccc1)C(F)(F)F. The fourth-order valence-corrected chi connectivity index (χ4v) is 6.28. The molecule has 0 bridgehead atoms. The fraction of sp³-hybridized carbons (Fsp3) is 0.552. The van der Waals surface area contributed by atoms with Gasteiger partial charge in [0.05, 0.1) is 19.8 Å². The van der Waals surface area contributed by atoms with Crippen molar-refractivity contribution in [2.75, 3.05) is 53.1 Å². The zero-order valence-corrected chi connectivity index (χ0v) is 21.6. The number of alkyl halides is 3. The number of piperidine rings is 2. The van der Waals surface area contributed by atoms with Crippen LogP contribution in [-0.2, 0) is 19.9 Å². The van der Waals surface area contributed by atoms with Crippen molar-refractivity contribution in [1.82, 2.24) is 10.2 Å². The highest BCUT2D eigenvalue weighted by molar-refractivity contribution is 5.88. The molecule has 3 heterocycles. The van der Waals surface area contributed by atoms with Gasteiger partial charge >= 0.3 is 6.18 Å². The lowest BCUT2D eigenvalue weighted by Gasteiger charge is -2.51. The summed E-state index contributed by atoms with van der Waals surface area (Å²) in [7, 11) is 0.958. The zero-order valence-electron chi connectivity index (χ0n) is 21.6. The molecule has 0 aromatic heterocycles. The number of nitrogens with zero attached hydrogens (tertiary/aromatic N) is 1. The monoisotopic (exact) mass is 532 g/mol. The number of rotatable bonds is 7. The van der Waals surface area contributed by atoms with Gasteiger partial charge in [-0.1, -0.05) is 48.5 Å². The van der Waals surface area contributed by atoms with E-state index in [4.69, 9.17) is 14.2 Å². The van der Waals surface area contributed by atoms with Gasteiger partial charge in [-0.15, -0.1) is 0 Å². The van der Waals surface area contributed by atoms with Crippen LogP contribution in [0.25, 0.3) is 0 Å². The number of ether oxygens (including phenoxy) is 3. The first-order chi connectivity index (χ1) is 18.3. The molecule has 3 saturated heterocycles. The fourth-order valence-electron chi connectivity index (χ4n) is 6.28. The van der Waals surface area contributed by atoms with E-state index < -0.39 is 17.7 Å². The summed E-state index contributed by atoms with van der Waals surface area (Å²) in [5.74, 6) is 0.331. The van der Waals surface area contributed by atoms with Crippen molar-refractivity contribution < 1.29 is 32.2 Å². The van der Waals surface area contributed by atoms with Gasteiger partial charge in [0.15, 0.2) is 0 Å². The number of hydrogen-bond donors (Lipinski definition) is 1. The maximum atomic E-state index is 14.5. The lowest BCUT2D eigenvalue weighted by molar-refractivity contribution is -0.271. The quantitative estimate of drug-likeness (QED) is 0.569. The van der Waals surface area contributed by atoms with E-state index in [0.29, 0.717) is 38.6 Å². The number of carbonyl (C=O) groups is 1. The van der Waals surface area contributed by atoms with Crippen LogP contribution in [0.4, 0.5) is 13.2 Å². The van der Waals surface area contributed by atoms with Gasteiger partial charge in [-0.3, -0.25) is 4.79 Å². The molecule has 5 rings (SSSR count). The number of nitrogens with one attached hydrogen (secondary N) is 1. The van der Waals surface area contributed by atoms with Gasteiger partial charge in [0.25, 0.3) is 11.5 Å². The molecule has 2 atom stereocenters. The van der Waals surface area contributed by atoms with Gasteiger partial charge in [0, 0.05) is 44.1 Å². The Kier molecular flexibility index (Phi) is 7.71. The molecule has 1 spiro atoms. The molecular weight excluding hydrogens is 497 g/mol. The molecule has 2 aromatic rings. The highest BCUT2D eigenvalue weighted by atomic mass is 19.4. The Labute approximate surface area is 221 Å². The summed E-state index contributed by atoms with van der Waals surface area (Å²) < 4.78 is 60.0. The number of halogens is 3. The first kappa shape index (κ1) is 27.0. The Morgan fingerprint density at radius 3 is 2.37 bits per heavy atom. The molecule has 0 saturated carbocycles. The van der Waals surface area contributed by atoms with Crippen LogP contribution in [0.1, 0.15) is 36.3 Å². The Morgan fingerprint density at radius 2 is 1.74 bits per heavy atom. The van der Waals surface area contributed by atoms with Crippen molar-refractivity contribution in [3.63, 3.8) is 0 Å². The molecule has 9 heteroatoms. The van der Waals surface area contributed by atoms with Crippen molar-refractivity contribution in [2.24, 2.45) is 11.3 Å². The summed E-state index contributed by atoms with van der Waals surface area (Å²) in [6.07, 6.45) is -2.79. The van der Waals surface area contributed by atoms with Crippen LogP contribution in [0.2, 0.25) is 0 Å². The van der Waals surface area contributed by atoms with E-state index in [1.807, 2.05) is 18.2 Å². The van der Waals surface area contributed by atoms with Crippen molar-refractivity contribution >= 4 is 5.91 Å². The van der Waals surface area contributed by atoms with Gasteiger partial charge in [0.1, 0.15) is 5.75 Å². The van der Waals surface area contributed by atoms with Crippen LogP contribution in [0, 0.1) is 11.3 Å². The Hall–Kier alpha value is -2.62. The Bertz CT molecular complexity index is 1100. The second-order valence-electron chi connectivity index (χ2n) is 10.7. The molecule has 0 aliphatic carbocycles. The number of methoxy groups -OCH3 is 1. The van der Waals surface area contributed by atoms with Gasteiger partial charge in [-0.05, 0) is 42.9 Å². The molecule has 2 aromatic carbocycles. The van der Waals surface area contributed by atoms with E-state index in [9.17, 15) is 18.0 Å². The van der Waals surface area contributed by atoms with Crippen LogP contribution in [0.15, 0.2) is 54.6 Å². The summed E-state index contributed by atoms with van der Waals surface area (Å²) in [5.41, 5.74) is -2.26. The van der Waals surface area contributed by atoms with E-state index in [1.165, 1.54) is 29.2 Å². The summed E-state index contributed by atoms with van der Waals surface area (Å²) in [5, 5.41) is 3.50. The van der Waals surface area contributed by atoms with Gasteiger partial charge in [0.2, 0.25) is 0 Å². The number of hydrogen-bond acceptors (Lipinski definition) is 5. The van der Waals surface area contributed by atoms with Crippen molar-refractivity contribution in [3.8, 4) is 5.75 Å². The predicted octanol–water partition coefficient (Wildman–Crippen LogP) is 4.50. The van der Waals surface area contributed by atoms with Crippen molar-refractivity contribution in [2.45, 2.75) is 37.0 Å². The molecule has 1 unspecified atom stereocenters. The molecule has 3 fully saturated rings. The van der Waals surface area contributed by atoms with E-state index in [2.05, 4.69) is 11.4 Å². The average molecular weight is 533 g/mol. The molecule has 6 nitrogen and oxygen atoms in total. The molecule has 1 N–H and O–H groups in total. The molecule has 3 aliphatic heterocycles. The number of likely N-dealkylation sites (tertiary alicyclic amines) is 1. The maximum Gasteiger partial charge on any atom is 0.430 e. The summed E-state index contributed by atoms with van der Waals surface area (Å²) in [4.78, 5) is 14.9. The Balaban J connectivity index is 1.37. The van der Waals surface area contributed by atoms with Crippen molar-refractivity contribution in [1.29, 1.82) is 0 Å². The summed E-state index contributed by atoms with van der Waals surface area (Å²) in [6.45, 7) is 4.10. The highest BCUT2D eigenvalue weighted by Crippen LogP contribution is 2.51. The van der Waals surface area contributed by atoms with Crippen LogP contribution < -0.4 is 10.1 Å². The molecule has 3 aliphatic rings. The minimum absolute atomic E-state index is 0.131. The molecule has 38 heavy (non-hydrogen) atoms. The molecule has 0 radical (unpaired) electrons. The minimum Gasteiger partial charge on any atom is -0.493 e. The first-order valence-corrected chi connectivity index (χ1v) is 13.3. The van der Waals surface area contributed by atoms with Crippen molar-refractivity contribution in [3.05, 3.63) is 65.7 Å². The highest BCUT2D eigenvalue weighted by Gasteiger charge is 2.64. The lowest BCUT2D eigenvalue weighted by Crippen LogP contribution is -2.59. The van der Waals surface area contributed by atoms with Crippen LogP contribution in [0.3, 0.4) is 0 Å². The maximum absolute atomic E-state index is 14.5. The average Bonchev–Trinajstić information content (AvgIpc) is 2.89. The zero-order chi connectivity index (χ0) is 26.8. The number of carbonyl (C=O) groups excluding carboxylic acids is 1. The van der Waals surface area contributed by atoms with E-state index in [-0.39, 0.29) is 30.0 Å². The third-order valence-corrected chi connectivity index (χ3v) is 8.60. The number of para-hydroxylation sites is 1. The second-order valence-corrected chi connectivity index (χ2v) is 10.7. The third kappa shape index (κ3) is 4.80. The van der Waals surface area contributed by atoms with Gasteiger partial charge in [-0.2, -0.15) is 13.2 Å². The summed E-state index contributed by atoms with van der Waals surface area (Å²) in [6, 6.07) is 15.3. The van der Waals surface area contributed by atoms with Crippen LogP contribution in [-0.4, -0.2) is 70.1 Å². The smallest absolute Gasteiger partial charge is 0.430 e. The largest absolute Gasteiger partial charge is 0.493 e. The molecule has 206 valence electrons.